The van der Waals surface area contributed by atoms with Crippen molar-refractivity contribution in [2.75, 3.05) is 12.8 Å². The fraction of sp³-hybridized carbons (Fsp3) is 0.412. The number of hydrogen-bond acceptors (Lipinski definition) is 4. The van der Waals surface area contributed by atoms with Crippen molar-refractivity contribution < 1.29 is 13.2 Å². The van der Waals surface area contributed by atoms with Crippen LogP contribution in [0.25, 0.3) is 0 Å². The smallest absolute Gasteiger partial charge is 0.252 e. The predicted molar refractivity (Wildman–Crippen MR) is 92.8 cm³/mol. The third kappa shape index (κ3) is 4.44. The molecule has 0 unspecified atom stereocenters. The molecule has 24 heavy (non-hydrogen) atoms. The molecule has 1 aromatic carbocycles. The van der Waals surface area contributed by atoms with E-state index in [9.17, 15) is 13.2 Å². The minimum absolute atomic E-state index is 0.0497. The lowest BCUT2D eigenvalue weighted by Crippen LogP contribution is -2.31. The number of aromatic nitrogens is 2. The van der Waals surface area contributed by atoms with Crippen LogP contribution in [-0.2, 0) is 16.4 Å². The largest absolute Gasteiger partial charge is 0.352 e. The van der Waals surface area contributed by atoms with Crippen LogP contribution in [0.2, 0.25) is 0 Å². The predicted octanol–water partition coefficient (Wildman–Crippen LogP) is 1.97. The molecule has 0 fully saturated rings. The highest BCUT2D eigenvalue weighted by molar-refractivity contribution is 7.90. The van der Waals surface area contributed by atoms with Gasteiger partial charge in [0, 0.05) is 25.0 Å². The molecule has 0 saturated carbocycles. The Bertz CT molecular complexity index is 841. The zero-order chi connectivity index (χ0) is 17.9. The number of benzene rings is 1. The normalized spacial score (nSPS) is 12.8. The van der Waals surface area contributed by atoms with Gasteiger partial charge in [-0.05, 0) is 38.0 Å². The number of nitrogens with zero attached hydrogens (tertiary/aromatic N) is 2. The first kappa shape index (κ1) is 18.2. The molecular formula is C17H23N3O3S. The van der Waals surface area contributed by atoms with Crippen LogP contribution < -0.4 is 5.32 Å². The summed E-state index contributed by atoms with van der Waals surface area (Å²) < 4.78 is 25.5. The molecule has 1 aromatic heterocycles. The monoisotopic (exact) mass is 349 g/mol. The van der Waals surface area contributed by atoms with Crippen LogP contribution in [0.5, 0.6) is 0 Å². The first-order chi connectivity index (χ1) is 11.2. The lowest BCUT2D eigenvalue weighted by molar-refractivity contribution is 0.0943. The second-order valence-corrected chi connectivity index (χ2v) is 8.18. The first-order valence-corrected chi connectivity index (χ1v) is 9.66. The zero-order valence-corrected chi connectivity index (χ0v) is 15.2. The van der Waals surface area contributed by atoms with Crippen molar-refractivity contribution >= 4 is 15.7 Å². The van der Waals surface area contributed by atoms with Crippen LogP contribution in [0.1, 0.15) is 28.7 Å². The Kier molecular flexibility index (Phi) is 5.43. The summed E-state index contributed by atoms with van der Waals surface area (Å²) in [5, 5.41) is 7.22. The Hall–Kier alpha value is -2.15. The van der Waals surface area contributed by atoms with Gasteiger partial charge in [0.1, 0.15) is 0 Å². The first-order valence-electron chi connectivity index (χ1n) is 7.77. The van der Waals surface area contributed by atoms with Gasteiger partial charge in [0.15, 0.2) is 9.84 Å². The number of aryl methyl sites for hydroxylation is 2. The van der Waals surface area contributed by atoms with Gasteiger partial charge in [-0.3, -0.25) is 9.48 Å². The van der Waals surface area contributed by atoms with Gasteiger partial charge < -0.3 is 5.32 Å². The van der Waals surface area contributed by atoms with Crippen molar-refractivity contribution in [3.63, 3.8) is 0 Å². The van der Waals surface area contributed by atoms with Crippen LogP contribution >= 0.6 is 0 Å². The summed E-state index contributed by atoms with van der Waals surface area (Å²) in [6.07, 6.45) is 1.10. The lowest BCUT2D eigenvalue weighted by atomic mass is 10.1. The van der Waals surface area contributed by atoms with Gasteiger partial charge in [0.05, 0.1) is 16.2 Å². The van der Waals surface area contributed by atoms with Gasteiger partial charge in [0.2, 0.25) is 0 Å². The van der Waals surface area contributed by atoms with E-state index in [2.05, 4.69) is 10.4 Å². The van der Waals surface area contributed by atoms with Crippen LogP contribution in [0.3, 0.4) is 0 Å². The van der Waals surface area contributed by atoms with Gasteiger partial charge in [-0.1, -0.05) is 19.1 Å². The quantitative estimate of drug-likeness (QED) is 0.864. The van der Waals surface area contributed by atoms with Crippen molar-refractivity contribution in [2.45, 2.75) is 32.2 Å². The maximum absolute atomic E-state index is 12.3. The molecule has 0 saturated heterocycles. The van der Waals surface area contributed by atoms with Crippen LogP contribution in [-0.4, -0.2) is 36.9 Å². The summed E-state index contributed by atoms with van der Waals surface area (Å²) in [7, 11) is -3.44. The molecule has 6 nitrogen and oxygen atoms in total. The summed E-state index contributed by atoms with van der Waals surface area (Å²) in [4.78, 5) is 12.4. The Morgan fingerprint density at radius 1 is 1.29 bits per heavy atom. The molecule has 0 spiro atoms. The molecular weight excluding hydrogens is 326 g/mol. The lowest BCUT2D eigenvalue weighted by Gasteiger charge is -2.15. The highest BCUT2D eigenvalue weighted by Gasteiger charge is 2.18. The number of hydrogen-bond donors (Lipinski definition) is 1. The number of amides is 1. The van der Waals surface area contributed by atoms with E-state index < -0.39 is 9.84 Å². The molecule has 0 bridgehead atoms. The van der Waals surface area contributed by atoms with Crippen LogP contribution in [0, 0.1) is 19.8 Å². The third-order valence-electron chi connectivity index (χ3n) is 3.73. The molecule has 7 heteroatoms. The molecule has 2 rings (SSSR count). The van der Waals surface area contributed by atoms with Crippen molar-refractivity contribution in [1.82, 2.24) is 15.1 Å². The van der Waals surface area contributed by atoms with E-state index in [1.165, 1.54) is 12.1 Å². The van der Waals surface area contributed by atoms with Crippen molar-refractivity contribution in [2.24, 2.45) is 5.92 Å². The second-order valence-electron chi connectivity index (χ2n) is 6.19. The van der Waals surface area contributed by atoms with E-state index in [1.807, 2.05) is 31.5 Å². The number of rotatable bonds is 6. The Morgan fingerprint density at radius 2 is 1.96 bits per heavy atom. The van der Waals surface area contributed by atoms with E-state index in [1.54, 1.807) is 12.1 Å². The Morgan fingerprint density at radius 3 is 2.54 bits per heavy atom. The zero-order valence-electron chi connectivity index (χ0n) is 14.4. The van der Waals surface area contributed by atoms with Gasteiger partial charge in [0.25, 0.3) is 5.91 Å². The molecule has 130 valence electrons. The minimum atomic E-state index is -3.44. The van der Waals surface area contributed by atoms with E-state index >= 15 is 0 Å². The number of carbonyl (C=O) groups is 1. The molecule has 0 aliphatic rings. The fourth-order valence-corrected chi connectivity index (χ4v) is 3.45. The molecule has 0 aliphatic heterocycles. The van der Waals surface area contributed by atoms with Crippen molar-refractivity contribution in [3.05, 3.63) is 47.3 Å². The Balaban J connectivity index is 2.02. The number of carbonyl (C=O) groups excluding carboxylic acids is 1. The maximum atomic E-state index is 12.3. The summed E-state index contributed by atoms with van der Waals surface area (Å²) in [6, 6.07) is 8.25. The topological polar surface area (TPSA) is 81.1 Å². The summed E-state index contributed by atoms with van der Waals surface area (Å²) >= 11 is 0. The molecule has 1 atom stereocenters. The maximum Gasteiger partial charge on any atom is 0.252 e. The average Bonchev–Trinajstić information content (AvgIpc) is 2.81. The van der Waals surface area contributed by atoms with Gasteiger partial charge in [-0.15, -0.1) is 0 Å². The molecule has 0 radical (unpaired) electrons. The van der Waals surface area contributed by atoms with E-state index in [4.69, 9.17) is 0 Å². The van der Waals surface area contributed by atoms with Crippen molar-refractivity contribution in [3.8, 4) is 0 Å². The minimum Gasteiger partial charge on any atom is -0.352 e. The Labute approximate surface area is 142 Å². The molecule has 2 aromatic rings. The van der Waals surface area contributed by atoms with E-state index in [-0.39, 0.29) is 22.3 Å². The second kappa shape index (κ2) is 7.17. The van der Waals surface area contributed by atoms with E-state index in [0.717, 1.165) is 17.6 Å². The molecule has 1 N–H and O–H groups in total. The summed E-state index contributed by atoms with van der Waals surface area (Å²) in [5.74, 6) is -0.214. The fourth-order valence-electron chi connectivity index (χ4n) is 2.56. The van der Waals surface area contributed by atoms with Gasteiger partial charge in [-0.2, -0.15) is 5.10 Å². The van der Waals surface area contributed by atoms with Crippen LogP contribution in [0.15, 0.2) is 35.2 Å². The van der Waals surface area contributed by atoms with Gasteiger partial charge >= 0.3 is 0 Å². The van der Waals surface area contributed by atoms with Crippen LogP contribution in [0.4, 0.5) is 0 Å². The standard InChI is InChI=1S/C17H23N3O3S/c1-12(11-20-14(3)9-13(2)19-20)10-18-17(21)15-7-5-6-8-16(15)24(4,22)23/h5-9,12H,10-11H2,1-4H3,(H,18,21)/t12-/m0/s1. The molecule has 1 amide bonds. The summed E-state index contributed by atoms with van der Waals surface area (Å²) in [5.41, 5.74) is 2.22. The van der Waals surface area contributed by atoms with E-state index in [0.29, 0.717) is 13.1 Å². The average molecular weight is 349 g/mol. The van der Waals surface area contributed by atoms with Crippen molar-refractivity contribution in [1.29, 1.82) is 0 Å². The summed E-state index contributed by atoms with van der Waals surface area (Å²) in [6.45, 7) is 7.08. The highest BCUT2D eigenvalue weighted by atomic mass is 32.2. The molecule has 0 aliphatic carbocycles. The third-order valence-corrected chi connectivity index (χ3v) is 4.89. The molecule has 1 heterocycles. The number of sulfone groups is 1. The highest BCUT2D eigenvalue weighted by Crippen LogP contribution is 2.15. The number of nitrogens with one attached hydrogen (secondary N) is 1. The van der Waals surface area contributed by atoms with Gasteiger partial charge in [-0.25, -0.2) is 8.42 Å². The SMILES string of the molecule is Cc1cc(C)n(C[C@@H](C)CNC(=O)c2ccccc2S(C)(=O)=O)n1.